The van der Waals surface area contributed by atoms with E-state index in [1.165, 1.54) is 11.1 Å². The number of hydrogen-bond acceptors (Lipinski definition) is 4. The lowest BCUT2D eigenvalue weighted by molar-refractivity contribution is 0.403. The van der Waals surface area contributed by atoms with Crippen molar-refractivity contribution in [2.24, 2.45) is 0 Å². The van der Waals surface area contributed by atoms with Gasteiger partial charge in [0.1, 0.15) is 0 Å². The van der Waals surface area contributed by atoms with Crippen molar-refractivity contribution in [3.8, 4) is 28.6 Å². The summed E-state index contributed by atoms with van der Waals surface area (Å²) < 4.78 is 4.45. The summed E-state index contributed by atoms with van der Waals surface area (Å²) in [6, 6.07) is 39.5. The van der Waals surface area contributed by atoms with Gasteiger partial charge in [0.25, 0.3) is 0 Å². The highest BCUT2D eigenvalue weighted by Gasteiger charge is 2.54. The van der Waals surface area contributed by atoms with E-state index in [0.29, 0.717) is 22.6 Å². The van der Waals surface area contributed by atoms with E-state index in [-0.39, 0.29) is 10.8 Å². The number of rotatable bonds is 4. The fourth-order valence-electron chi connectivity index (χ4n) is 10.7. The van der Waals surface area contributed by atoms with Gasteiger partial charge in [-0.2, -0.15) is 5.26 Å². The van der Waals surface area contributed by atoms with Crippen LogP contribution < -0.4 is 4.90 Å². The van der Waals surface area contributed by atoms with E-state index in [2.05, 4.69) is 201 Å². The van der Waals surface area contributed by atoms with E-state index in [1.807, 2.05) is 30.9 Å². The van der Waals surface area contributed by atoms with Crippen molar-refractivity contribution < 1.29 is 0 Å². The number of benzene rings is 5. The molecule has 5 heterocycles. The smallest absolute Gasteiger partial charge is 0.230 e. The van der Waals surface area contributed by atoms with Crippen molar-refractivity contribution in [3.63, 3.8) is 0 Å². The van der Waals surface area contributed by atoms with Gasteiger partial charge < -0.3 is 14.0 Å². The summed E-state index contributed by atoms with van der Waals surface area (Å²) >= 11 is 0. The standard InChI is InChI=1S/C56H51N7/c1-53(2,3)36-19-23-44-41(29-36)39-25-27-59-32-46(39)61(44)51-43(31-57)50(58-11)52(62-45-24-20-37(54(4,5)6)30-42(45)40-26-28-60-33-47(40)62)49-48(51)55(7,8)63(56(49,9)10)38-21-17-35(18-22-38)34-15-13-12-14-16-34/h12-30,32-33H,1-10H3. The molecule has 0 saturated heterocycles. The van der Waals surface area contributed by atoms with Gasteiger partial charge in [-0.1, -0.05) is 96.1 Å². The minimum atomic E-state index is -0.712. The second kappa shape index (κ2) is 13.6. The van der Waals surface area contributed by atoms with Crippen LogP contribution in [0.15, 0.2) is 128 Å². The van der Waals surface area contributed by atoms with Gasteiger partial charge in [0.15, 0.2) is 0 Å². The van der Waals surface area contributed by atoms with E-state index in [9.17, 15) is 5.26 Å². The second-order valence-electron chi connectivity index (χ2n) is 20.2. The summed E-state index contributed by atoms with van der Waals surface area (Å²) in [5.41, 5.74) is 11.9. The number of fused-ring (bicyclic) bond motifs is 7. The lowest BCUT2D eigenvalue weighted by Gasteiger charge is -2.43. The molecule has 310 valence electrons. The molecule has 5 aromatic carbocycles. The van der Waals surface area contributed by atoms with Gasteiger partial charge in [-0.05, 0) is 115 Å². The van der Waals surface area contributed by atoms with Crippen molar-refractivity contribution in [3.05, 3.63) is 167 Å². The molecule has 0 spiro atoms. The maximum absolute atomic E-state index is 11.7. The van der Waals surface area contributed by atoms with Gasteiger partial charge >= 0.3 is 0 Å². The van der Waals surface area contributed by atoms with Gasteiger partial charge in [0.05, 0.1) is 75.1 Å². The summed E-state index contributed by atoms with van der Waals surface area (Å²) in [7, 11) is 0. The maximum atomic E-state index is 11.7. The molecule has 0 unspecified atom stereocenters. The average molecular weight is 822 g/mol. The molecule has 7 nitrogen and oxygen atoms in total. The van der Waals surface area contributed by atoms with Crippen LogP contribution >= 0.6 is 0 Å². The van der Waals surface area contributed by atoms with Crippen LogP contribution in [0, 0.1) is 17.9 Å². The Kier molecular flexibility index (Phi) is 8.64. The number of aromatic nitrogens is 4. The third-order valence-electron chi connectivity index (χ3n) is 13.5. The molecule has 7 heteroatoms. The van der Waals surface area contributed by atoms with E-state index in [0.717, 1.165) is 71.6 Å². The Bertz CT molecular complexity index is 3240. The van der Waals surface area contributed by atoms with Gasteiger partial charge in [-0.15, -0.1) is 0 Å². The zero-order chi connectivity index (χ0) is 44.4. The van der Waals surface area contributed by atoms with Crippen LogP contribution in [0.3, 0.4) is 0 Å². The molecule has 1 aliphatic heterocycles. The van der Waals surface area contributed by atoms with Crippen molar-refractivity contribution >= 4 is 55.0 Å². The molecule has 0 bridgehead atoms. The highest BCUT2D eigenvalue weighted by molar-refractivity contribution is 6.12. The predicted octanol–water partition coefficient (Wildman–Crippen LogP) is 14.3. The lowest BCUT2D eigenvalue weighted by atomic mass is 9.84. The monoisotopic (exact) mass is 821 g/mol. The molecule has 0 atom stereocenters. The first kappa shape index (κ1) is 39.9. The normalized spacial score (nSPS) is 14.7. The predicted molar refractivity (Wildman–Crippen MR) is 259 cm³/mol. The highest BCUT2D eigenvalue weighted by atomic mass is 15.3. The minimum Gasteiger partial charge on any atom is -0.353 e. The summed E-state index contributed by atoms with van der Waals surface area (Å²) in [4.78, 5) is 16.3. The molecular weight excluding hydrogens is 771 g/mol. The number of nitrogens with zero attached hydrogens (tertiary/aromatic N) is 7. The SMILES string of the molecule is [C-]#[N+]c1c(C#N)c(-n2c3ccc(C(C)(C)C)cc3c3ccncc32)c2c(c1-n1c3ccc(C(C)(C)C)cc3c3ccncc31)C(C)(C)N(c1ccc(-c3ccccc3)cc1)C2(C)C. The van der Waals surface area contributed by atoms with E-state index >= 15 is 0 Å². The molecule has 0 amide bonds. The Morgan fingerprint density at radius 2 is 1.05 bits per heavy atom. The second-order valence-corrected chi connectivity index (χ2v) is 20.2. The molecule has 63 heavy (non-hydrogen) atoms. The molecule has 0 fully saturated rings. The maximum Gasteiger partial charge on any atom is 0.230 e. The first-order valence-electron chi connectivity index (χ1n) is 21.7. The Labute approximate surface area is 369 Å². The first-order chi connectivity index (χ1) is 30.0. The van der Waals surface area contributed by atoms with E-state index < -0.39 is 11.1 Å². The van der Waals surface area contributed by atoms with Crippen molar-refractivity contribution in [2.45, 2.75) is 91.1 Å². The summed E-state index contributed by atoms with van der Waals surface area (Å²) in [5, 5.41) is 15.9. The Morgan fingerprint density at radius 1 is 0.571 bits per heavy atom. The largest absolute Gasteiger partial charge is 0.353 e. The Morgan fingerprint density at radius 3 is 1.52 bits per heavy atom. The van der Waals surface area contributed by atoms with Gasteiger partial charge in [-0.3, -0.25) is 9.97 Å². The number of anilines is 1. The molecule has 0 aliphatic carbocycles. The zero-order valence-corrected chi connectivity index (χ0v) is 37.8. The fourth-order valence-corrected chi connectivity index (χ4v) is 10.7. The third-order valence-corrected chi connectivity index (χ3v) is 13.5. The molecular formula is C56H51N7. The van der Waals surface area contributed by atoms with Crippen LogP contribution in [0.1, 0.15) is 97.1 Å². The third kappa shape index (κ3) is 5.76. The number of pyridine rings is 2. The average Bonchev–Trinajstić information content (AvgIpc) is 3.82. The lowest BCUT2D eigenvalue weighted by Crippen LogP contribution is -2.46. The number of hydrogen-bond donors (Lipinski definition) is 0. The highest BCUT2D eigenvalue weighted by Crippen LogP contribution is 2.60. The van der Waals surface area contributed by atoms with Crippen LogP contribution in [0.2, 0.25) is 0 Å². The van der Waals surface area contributed by atoms with Crippen LogP contribution in [-0.2, 0) is 21.9 Å². The van der Waals surface area contributed by atoms with Gasteiger partial charge in [-0.25, -0.2) is 4.85 Å². The van der Waals surface area contributed by atoms with Crippen molar-refractivity contribution in [2.75, 3.05) is 4.90 Å². The topological polar surface area (TPSA) is 67.0 Å². The molecule has 0 saturated carbocycles. The van der Waals surface area contributed by atoms with Crippen LogP contribution in [0.25, 0.3) is 71.0 Å². The summed E-state index contributed by atoms with van der Waals surface area (Å²) in [6.07, 6.45) is 7.50. The Balaban J connectivity index is 1.38. The van der Waals surface area contributed by atoms with E-state index in [4.69, 9.17) is 6.57 Å². The van der Waals surface area contributed by atoms with Crippen LogP contribution in [0.4, 0.5) is 11.4 Å². The van der Waals surface area contributed by atoms with Gasteiger partial charge in [0.2, 0.25) is 5.69 Å². The molecule has 0 radical (unpaired) electrons. The quantitative estimate of drug-likeness (QED) is 0.166. The minimum absolute atomic E-state index is 0.0818. The number of nitriles is 1. The molecule has 1 aliphatic rings. The summed E-state index contributed by atoms with van der Waals surface area (Å²) in [5.74, 6) is 0. The van der Waals surface area contributed by atoms with Crippen molar-refractivity contribution in [1.82, 2.24) is 19.1 Å². The van der Waals surface area contributed by atoms with Crippen molar-refractivity contribution in [1.29, 1.82) is 5.26 Å². The van der Waals surface area contributed by atoms with Crippen LogP contribution in [0.5, 0.6) is 0 Å². The van der Waals surface area contributed by atoms with Gasteiger partial charge in [0, 0.05) is 45.2 Å². The molecule has 4 aromatic heterocycles. The molecule has 9 aromatic rings. The first-order valence-corrected chi connectivity index (χ1v) is 21.7. The summed E-state index contributed by atoms with van der Waals surface area (Å²) in [6.45, 7) is 31.6. The fraction of sp³-hybridized carbons (Fsp3) is 0.250. The van der Waals surface area contributed by atoms with E-state index in [1.54, 1.807) is 0 Å². The Hall–Kier alpha value is -7.22. The zero-order valence-electron chi connectivity index (χ0n) is 37.8. The molecule has 10 rings (SSSR count). The molecule has 0 N–H and O–H groups in total. The van der Waals surface area contributed by atoms with Crippen LogP contribution in [-0.4, -0.2) is 19.1 Å².